The lowest BCUT2D eigenvalue weighted by Gasteiger charge is -2.31. The van der Waals surface area contributed by atoms with Crippen molar-refractivity contribution in [2.75, 3.05) is 18.7 Å². The Morgan fingerprint density at radius 3 is 2.14 bits per heavy atom. The number of esters is 1. The second kappa shape index (κ2) is 14.8. The number of likely N-dealkylation sites (N-methyl/N-ethyl adjacent to an activating group) is 1. The summed E-state index contributed by atoms with van der Waals surface area (Å²) in [5, 5.41) is 1.47. The summed E-state index contributed by atoms with van der Waals surface area (Å²) in [6.07, 6.45) is 3.33. The van der Waals surface area contributed by atoms with E-state index in [4.69, 9.17) is 9.57 Å². The topological polar surface area (TPSA) is 93.2 Å². The van der Waals surface area contributed by atoms with Gasteiger partial charge in [0, 0.05) is 32.1 Å². The highest BCUT2D eigenvalue weighted by atomic mass is 32.2. The van der Waals surface area contributed by atoms with Crippen molar-refractivity contribution in [1.29, 1.82) is 0 Å². The number of nitrogens with zero attached hydrogens (tertiary/aromatic N) is 2. The van der Waals surface area contributed by atoms with Gasteiger partial charge in [0.2, 0.25) is 5.91 Å². The zero-order valence-electron chi connectivity index (χ0n) is 24.5. The van der Waals surface area contributed by atoms with Crippen molar-refractivity contribution in [2.45, 2.75) is 37.8 Å². The van der Waals surface area contributed by atoms with E-state index < -0.39 is 12.1 Å². The lowest BCUT2D eigenvalue weighted by Crippen LogP contribution is -2.38. The van der Waals surface area contributed by atoms with Crippen molar-refractivity contribution in [1.82, 2.24) is 9.96 Å². The van der Waals surface area contributed by atoms with Crippen LogP contribution >= 0.6 is 11.8 Å². The fourth-order valence-electron chi connectivity index (χ4n) is 5.14. The first kappa shape index (κ1) is 31.0. The van der Waals surface area contributed by atoms with E-state index in [0.29, 0.717) is 11.3 Å². The van der Waals surface area contributed by atoms with Gasteiger partial charge in [0.05, 0.1) is 18.3 Å². The van der Waals surface area contributed by atoms with Crippen LogP contribution in [-0.2, 0) is 35.2 Å². The Labute approximate surface area is 261 Å². The van der Waals surface area contributed by atoms with Gasteiger partial charge in [0.25, 0.3) is 0 Å². The number of allylic oxidation sites excluding steroid dienone is 1. The number of hydrogen-bond acceptors (Lipinski definition) is 8. The zero-order chi connectivity index (χ0) is 30.9. The van der Waals surface area contributed by atoms with Crippen molar-refractivity contribution < 1.29 is 28.8 Å². The van der Waals surface area contributed by atoms with Gasteiger partial charge >= 0.3 is 11.9 Å². The highest BCUT2D eigenvalue weighted by Gasteiger charge is 2.34. The molecule has 5 rings (SSSR count). The second-order valence-electron chi connectivity index (χ2n) is 10.6. The Hall–Kier alpha value is -4.47. The van der Waals surface area contributed by atoms with Crippen LogP contribution in [0.15, 0.2) is 114 Å². The van der Waals surface area contributed by atoms with E-state index in [1.165, 1.54) is 21.7 Å². The fraction of sp³-hybridized carbons (Fsp3) is 0.257. The number of hydroxylamine groups is 2. The minimum absolute atomic E-state index is 0.0332. The number of benzene rings is 3. The minimum Gasteiger partial charge on any atom is -0.448 e. The minimum atomic E-state index is -0.700. The summed E-state index contributed by atoms with van der Waals surface area (Å²) >= 11 is 1.48. The molecule has 0 bridgehead atoms. The maximum atomic E-state index is 14.1. The number of amides is 1. The van der Waals surface area contributed by atoms with E-state index in [1.807, 2.05) is 91.0 Å². The van der Waals surface area contributed by atoms with Gasteiger partial charge in [-0.2, -0.15) is 0 Å². The number of Topliss-reactive ketones (excluding diaryl/α,β-unsaturated/α-hetero) is 1. The van der Waals surface area contributed by atoms with Gasteiger partial charge in [-0.3, -0.25) is 19.3 Å². The zero-order valence-corrected chi connectivity index (χ0v) is 25.3. The van der Waals surface area contributed by atoms with Gasteiger partial charge < -0.3 is 9.57 Å². The van der Waals surface area contributed by atoms with Gasteiger partial charge in [-0.05, 0) is 22.3 Å². The summed E-state index contributed by atoms with van der Waals surface area (Å²) in [5.41, 5.74) is 3.22. The van der Waals surface area contributed by atoms with Crippen molar-refractivity contribution in [3.63, 3.8) is 0 Å². The summed E-state index contributed by atoms with van der Waals surface area (Å²) in [6, 6.07) is 28.0. The smallest absolute Gasteiger partial charge is 0.356 e. The number of thioether (sulfide) groups is 1. The van der Waals surface area contributed by atoms with E-state index in [-0.39, 0.29) is 61.0 Å². The summed E-state index contributed by atoms with van der Waals surface area (Å²) in [6.45, 7) is 0. The van der Waals surface area contributed by atoms with Crippen LogP contribution in [0, 0.1) is 0 Å². The normalized spacial score (nSPS) is 17.3. The van der Waals surface area contributed by atoms with Gasteiger partial charge in [0.1, 0.15) is 11.5 Å². The molecule has 8 nitrogen and oxygen atoms in total. The Bertz CT molecular complexity index is 1500. The van der Waals surface area contributed by atoms with Crippen LogP contribution in [0.2, 0.25) is 0 Å². The third kappa shape index (κ3) is 7.92. The molecule has 2 aliphatic heterocycles. The summed E-state index contributed by atoms with van der Waals surface area (Å²) in [5.74, 6) is -0.643. The molecule has 9 heteroatoms. The highest BCUT2D eigenvalue weighted by Crippen LogP contribution is 2.32. The van der Waals surface area contributed by atoms with Crippen LogP contribution in [0.4, 0.5) is 0 Å². The number of ketones is 1. The summed E-state index contributed by atoms with van der Waals surface area (Å²) in [7, 11) is 1.67. The van der Waals surface area contributed by atoms with Crippen molar-refractivity contribution >= 4 is 35.4 Å². The quantitative estimate of drug-likeness (QED) is 0.266. The molecule has 0 radical (unpaired) electrons. The Morgan fingerprint density at radius 1 is 0.932 bits per heavy atom. The van der Waals surface area contributed by atoms with Crippen LogP contribution in [0.1, 0.15) is 42.1 Å². The molecule has 3 aromatic rings. The van der Waals surface area contributed by atoms with Gasteiger partial charge in [-0.25, -0.2) is 4.79 Å². The van der Waals surface area contributed by atoms with E-state index in [1.54, 1.807) is 19.2 Å². The molecular formula is C35H34N2O6S. The van der Waals surface area contributed by atoms with Gasteiger partial charge in [-0.1, -0.05) is 103 Å². The molecule has 2 heterocycles. The van der Waals surface area contributed by atoms with Crippen LogP contribution in [0.25, 0.3) is 0 Å². The van der Waals surface area contributed by atoms with E-state index in [2.05, 4.69) is 0 Å². The van der Waals surface area contributed by atoms with Crippen LogP contribution in [-0.4, -0.2) is 58.3 Å². The predicted octanol–water partition coefficient (Wildman–Crippen LogP) is 5.42. The van der Waals surface area contributed by atoms with E-state index in [9.17, 15) is 19.2 Å². The fourth-order valence-corrected chi connectivity index (χ4v) is 6.14. The Balaban J connectivity index is 1.42. The number of rotatable bonds is 11. The summed E-state index contributed by atoms with van der Waals surface area (Å²) < 4.78 is 6.20. The van der Waals surface area contributed by atoms with Crippen LogP contribution < -0.4 is 0 Å². The van der Waals surface area contributed by atoms with Crippen LogP contribution in [0.5, 0.6) is 0 Å². The maximum Gasteiger partial charge on any atom is 0.356 e. The molecule has 3 aromatic carbocycles. The molecule has 2 aliphatic rings. The molecule has 1 unspecified atom stereocenters. The summed E-state index contributed by atoms with van der Waals surface area (Å²) in [4.78, 5) is 58.8. The average Bonchev–Trinajstić information content (AvgIpc) is 3.38. The Kier molecular flexibility index (Phi) is 10.4. The molecule has 1 fully saturated rings. The predicted molar refractivity (Wildman–Crippen MR) is 168 cm³/mol. The number of carbonyl (C=O) groups excluding carboxylic acids is 4. The molecule has 0 aromatic heterocycles. The third-order valence-electron chi connectivity index (χ3n) is 7.45. The molecule has 0 N–H and O–H groups in total. The molecule has 1 atom stereocenters. The molecular weight excluding hydrogens is 576 g/mol. The first-order chi connectivity index (χ1) is 21.4. The van der Waals surface area contributed by atoms with E-state index in [0.717, 1.165) is 16.7 Å². The average molecular weight is 611 g/mol. The third-order valence-corrected chi connectivity index (χ3v) is 8.40. The van der Waals surface area contributed by atoms with Gasteiger partial charge in [-0.15, -0.1) is 16.8 Å². The van der Waals surface area contributed by atoms with Gasteiger partial charge in [0.15, 0.2) is 6.10 Å². The standard InChI is InChI=1S/C35H34N2O6S/c1-36-29(22-32(40)43-36)18-17-28-23-44-24-37(31(39)20-19-30(38)21-25-11-5-2-6-12-25)33(28)35(41)42-34(26-13-7-3-8-14-26)27-15-9-4-10-16-27/h2-18,29,34H,19-24H2,1H3/b18-17+. The molecule has 1 amide bonds. The molecule has 0 saturated carbocycles. The molecule has 44 heavy (non-hydrogen) atoms. The highest BCUT2D eigenvalue weighted by molar-refractivity contribution is 7.99. The van der Waals surface area contributed by atoms with E-state index >= 15 is 0 Å². The Morgan fingerprint density at radius 2 is 1.55 bits per heavy atom. The first-order valence-electron chi connectivity index (χ1n) is 14.5. The SMILES string of the molecule is CN1OC(=O)CC1/C=C/C1=C(C(=O)OC(c2ccccc2)c2ccccc2)N(C(=O)CCC(=O)Cc2ccccc2)CSC1. The monoisotopic (exact) mass is 610 g/mol. The van der Waals surface area contributed by atoms with Crippen molar-refractivity contribution in [3.05, 3.63) is 131 Å². The molecule has 1 saturated heterocycles. The number of hydrogen-bond donors (Lipinski definition) is 0. The second-order valence-corrected chi connectivity index (χ2v) is 11.6. The van der Waals surface area contributed by atoms with Crippen molar-refractivity contribution in [3.8, 4) is 0 Å². The molecule has 0 aliphatic carbocycles. The molecule has 226 valence electrons. The van der Waals surface area contributed by atoms with Crippen LogP contribution in [0.3, 0.4) is 0 Å². The number of carbonyl (C=O) groups is 4. The maximum absolute atomic E-state index is 14.1. The number of ether oxygens (including phenoxy) is 1. The lowest BCUT2D eigenvalue weighted by molar-refractivity contribution is -0.167. The molecule has 0 spiro atoms. The lowest BCUT2D eigenvalue weighted by atomic mass is 10.0. The largest absolute Gasteiger partial charge is 0.448 e. The van der Waals surface area contributed by atoms with Crippen molar-refractivity contribution in [2.24, 2.45) is 0 Å². The first-order valence-corrected chi connectivity index (χ1v) is 15.6.